The first-order valence-electron chi connectivity index (χ1n) is 9.13. The molecule has 26 heavy (non-hydrogen) atoms. The highest BCUT2D eigenvalue weighted by molar-refractivity contribution is 5.44. The van der Waals surface area contributed by atoms with Crippen LogP contribution in [-0.2, 0) is 4.74 Å². The van der Waals surface area contributed by atoms with Crippen LogP contribution in [0.4, 0.5) is 11.6 Å². The largest absolute Gasteiger partial charge is 0.481 e. The normalized spacial score (nSPS) is 21.0. The van der Waals surface area contributed by atoms with Gasteiger partial charge >= 0.3 is 0 Å². The molecule has 0 bridgehead atoms. The Morgan fingerprint density at radius 3 is 2.96 bits per heavy atom. The Bertz CT molecular complexity index is 737. The molecule has 2 fully saturated rings. The molecule has 138 valence electrons. The zero-order valence-electron chi connectivity index (χ0n) is 15.0. The summed E-state index contributed by atoms with van der Waals surface area (Å²) < 4.78 is 10.9. The van der Waals surface area contributed by atoms with E-state index in [0.717, 1.165) is 17.5 Å². The smallest absolute Gasteiger partial charge is 0.218 e. The molecule has 2 aromatic rings. The van der Waals surface area contributed by atoms with Crippen LogP contribution >= 0.6 is 0 Å². The summed E-state index contributed by atoms with van der Waals surface area (Å²) in [5.74, 6) is 2.96. The Labute approximate surface area is 153 Å². The number of hydrogen-bond acceptors (Lipinski definition) is 8. The number of rotatable bonds is 5. The average molecular weight is 356 g/mol. The Morgan fingerprint density at radius 1 is 1.23 bits per heavy atom. The van der Waals surface area contributed by atoms with Crippen LogP contribution in [0.25, 0.3) is 0 Å². The van der Waals surface area contributed by atoms with Crippen LogP contribution in [0, 0.1) is 0 Å². The van der Waals surface area contributed by atoms with E-state index >= 15 is 0 Å². The van der Waals surface area contributed by atoms with Crippen molar-refractivity contribution in [1.29, 1.82) is 0 Å². The van der Waals surface area contributed by atoms with Gasteiger partial charge in [-0.3, -0.25) is 0 Å². The van der Waals surface area contributed by atoms with E-state index in [1.807, 2.05) is 18.3 Å². The van der Waals surface area contributed by atoms with Gasteiger partial charge in [-0.15, -0.1) is 0 Å². The monoisotopic (exact) mass is 356 g/mol. The number of anilines is 2. The van der Waals surface area contributed by atoms with Crippen LogP contribution in [0.5, 0.6) is 5.88 Å². The third kappa shape index (κ3) is 3.70. The molecule has 1 saturated carbocycles. The molecule has 1 atom stereocenters. The van der Waals surface area contributed by atoms with E-state index in [1.165, 1.54) is 32.0 Å². The molecular weight excluding hydrogens is 332 g/mol. The molecule has 8 nitrogen and oxygen atoms in total. The van der Waals surface area contributed by atoms with Crippen LogP contribution < -0.4 is 15.0 Å². The van der Waals surface area contributed by atoms with Crippen molar-refractivity contribution < 1.29 is 9.47 Å². The van der Waals surface area contributed by atoms with Gasteiger partial charge in [0.1, 0.15) is 24.0 Å². The molecule has 3 heterocycles. The lowest BCUT2D eigenvalue weighted by atomic mass is 10.2. The summed E-state index contributed by atoms with van der Waals surface area (Å²) in [6.45, 7) is 1.89. The van der Waals surface area contributed by atoms with E-state index in [1.54, 1.807) is 7.11 Å². The van der Waals surface area contributed by atoms with Crippen LogP contribution in [0.3, 0.4) is 0 Å². The Balaban J connectivity index is 1.57. The minimum absolute atomic E-state index is 0.0892. The summed E-state index contributed by atoms with van der Waals surface area (Å²) in [5.41, 5.74) is 0. The molecule has 0 aromatic carbocycles. The van der Waals surface area contributed by atoms with E-state index in [-0.39, 0.29) is 6.04 Å². The van der Waals surface area contributed by atoms with Crippen molar-refractivity contribution in [3.8, 4) is 5.88 Å². The first-order chi connectivity index (χ1) is 12.8. The predicted molar refractivity (Wildman–Crippen MR) is 97.4 cm³/mol. The lowest BCUT2D eigenvalue weighted by Crippen LogP contribution is -2.41. The number of aromatic nitrogens is 4. The van der Waals surface area contributed by atoms with Crippen molar-refractivity contribution in [2.24, 2.45) is 0 Å². The minimum atomic E-state index is -0.0892. The quantitative estimate of drug-likeness (QED) is 0.873. The highest BCUT2D eigenvalue weighted by Crippen LogP contribution is 2.29. The number of methoxy groups -OCH3 is 1. The van der Waals surface area contributed by atoms with E-state index in [9.17, 15) is 0 Å². The second-order valence-corrected chi connectivity index (χ2v) is 6.63. The van der Waals surface area contributed by atoms with Gasteiger partial charge in [0.05, 0.1) is 20.3 Å². The molecule has 8 heteroatoms. The number of hydrogen-bond donors (Lipinski definition) is 1. The van der Waals surface area contributed by atoms with Gasteiger partial charge in [0, 0.05) is 24.8 Å². The fourth-order valence-corrected chi connectivity index (χ4v) is 3.58. The molecule has 0 spiro atoms. The molecule has 0 amide bonds. The number of nitrogens with zero attached hydrogens (tertiary/aromatic N) is 5. The van der Waals surface area contributed by atoms with Gasteiger partial charge in [0.15, 0.2) is 5.82 Å². The standard InChI is InChI=1S/C18H24N6O2/c1-25-17-10-16(20-12-21-17)24-8-9-26-11-14(24)18-19-7-6-15(23-18)22-13-4-2-3-5-13/h6-7,10,12-14H,2-5,8-9,11H2,1H3,(H,19,22,23)/t14-/m1/s1. The molecule has 2 aliphatic rings. The zero-order chi connectivity index (χ0) is 17.8. The van der Waals surface area contributed by atoms with Crippen molar-refractivity contribution in [3.63, 3.8) is 0 Å². The Morgan fingerprint density at radius 2 is 2.12 bits per heavy atom. The number of morpholine rings is 1. The molecule has 0 unspecified atom stereocenters. The van der Waals surface area contributed by atoms with Gasteiger partial charge < -0.3 is 19.7 Å². The second-order valence-electron chi connectivity index (χ2n) is 6.63. The highest BCUT2D eigenvalue weighted by atomic mass is 16.5. The highest BCUT2D eigenvalue weighted by Gasteiger charge is 2.29. The van der Waals surface area contributed by atoms with Crippen LogP contribution in [0.2, 0.25) is 0 Å². The van der Waals surface area contributed by atoms with Gasteiger partial charge in [-0.1, -0.05) is 12.8 Å². The summed E-state index contributed by atoms with van der Waals surface area (Å²) in [7, 11) is 1.60. The molecule has 0 radical (unpaired) electrons. The summed E-state index contributed by atoms with van der Waals surface area (Å²) in [6, 6.07) is 4.19. The summed E-state index contributed by atoms with van der Waals surface area (Å²) >= 11 is 0. The summed E-state index contributed by atoms with van der Waals surface area (Å²) in [5, 5.41) is 3.54. The molecule has 1 saturated heterocycles. The number of nitrogens with one attached hydrogen (secondary N) is 1. The van der Waals surface area contributed by atoms with Crippen molar-refractivity contribution in [2.75, 3.05) is 37.1 Å². The molecule has 1 aliphatic heterocycles. The van der Waals surface area contributed by atoms with E-state index in [2.05, 4.69) is 25.2 Å². The van der Waals surface area contributed by atoms with Gasteiger partial charge in [0.25, 0.3) is 0 Å². The van der Waals surface area contributed by atoms with Crippen LogP contribution in [-0.4, -0.2) is 52.8 Å². The van der Waals surface area contributed by atoms with Crippen LogP contribution in [0.15, 0.2) is 24.7 Å². The van der Waals surface area contributed by atoms with E-state index in [4.69, 9.17) is 14.5 Å². The average Bonchev–Trinajstić information content (AvgIpc) is 3.21. The van der Waals surface area contributed by atoms with Crippen LogP contribution in [0.1, 0.15) is 37.5 Å². The summed E-state index contributed by atoms with van der Waals surface area (Å²) in [4.78, 5) is 19.9. The third-order valence-electron chi connectivity index (χ3n) is 4.94. The van der Waals surface area contributed by atoms with E-state index in [0.29, 0.717) is 31.7 Å². The SMILES string of the molecule is COc1cc(N2CCOC[C@@H]2c2nccc(NC3CCCC3)n2)ncn1. The Kier molecular flexibility index (Phi) is 5.10. The fourth-order valence-electron chi connectivity index (χ4n) is 3.58. The van der Waals surface area contributed by atoms with Gasteiger partial charge in [-0.2, -0.15) is 0 Å². The fraction of sp³-hybridized carbons (Fsp3) is 0.556. The van der Waals surface area contributed by atoms with E-state index < -0.39 is 0 Å². The van der Waals surface area contributed by atoms with Crippen molar-refractivity contribution >= 4 is 11.6 Å². The van der Waals surface area contributed by atoms with Crippen molar-refractivity contribution in [2.45, 2.75) is 37.8 Å². The zero-order valence-corrected chi connectivity index (χ0v) is 15.0. The lowest BCUT2D eigenvalue weighted by Gasteiger charge is -2.35. The topological polar surface area (TPSA) is 85.3 Å². The van der Waals surface area contributed by atoms with Crippen molar-refractivity contribution in [1.82, 2.24) is 19.9 Å². The lowest BCUT2D eigenvalue weighted by molar-refractivity contribution is 0.0913. The maximum atomic E-state index is 5.70. The third-order valence-corrected chi connectivity index (χ3v) is 4.94. The Hall–Kier alpha value is -2.48. The minimum Gasteiger partial charge on any atom is -0.481 e. The number of ether oxygens (including phenoxy) is 2. The second kappa shape index (κ2) is 7.82. The molecule has 4 rings (SSSR count). The maximum absolute atomic E-state index is 5.70. The summed E-state index contributed by atoms with van der Waals surface area (Å²) in [6.07, 6.45) is 8.31. The predicted octanol–water partition coefficient (Wildman–Crippen LogP) is 2.21. The first kappa shape index (κ1) is 17.0. The maximum Gasteiger partial charge on any atom is 0.218 e. The first-order valence-corrected chi connectivity index (χ1v) is 9.13. The molecule has 2 aromatic heterocycles. The molecular formula is C18H24N6O2. The molecule has 1 aliphatic carbocycles. The van der Waals surface area contributed by atoms with Gasteiger partial charge in [-0.05, 0) is 18.9 Å². The van der Waals surface area contributed by atoms with Gasteiger partial charge in [-0.25, -0.2) is 19.9 Å². The van der Waals surface area contributed by atoms with Crippen molar-refractivity contribution in [3.05, 3.63) is 30.5 Å². The molecule has 1 N–H and O–H groups in total. The van der Waals surface area contributed by atoms with Gasteiger partial charge in [0.2, 0.25) is 5.88 Å².